The molecule has 1 saturated carbocycles. The van der Waals surface area contributed by atoms with Gasteiger partial charge in [0.2, 0.25) is 0 Å². The number of aromatic nitrogens is 1. The van der Waals surface area contributed by atoms with Crippen LogP contribution in [0.15, 0.2) is 48.7 Å². The Morgan fingerprint density at radius 3 is 2.44 bits per heavy atom. The third-order valence-corrected chi connectivity index (χ3v) is 3.15. The van der Waals surface area contributed by atoms with Gasteiger partial charge in [0.1, 0.15) is 11.9 Å². The first-order valence-corrected chi connectivity index (χ1v) is 6.28. The lowest BCUT2D eigenvalue weighted by Crippen LogP contribution is -2.04. The topological polar surface area (TPSA) is 45.1 Å². The van der Waals surface area contributed by atoms with Crippen molar-refractivity contribution < 1.29 is 5.11 Å². The molecule has 0 saturated heterocycles. The zero-order valence-corrected chi connectivity index (χ0v) is 10.1. The Morgan fingerprint density at radius 1 is 1.06 bits per heavy atom. The smallest absolute Gasteiger partial charge is 0.126 e. The first kappa shape index (κ1) is 11.2. The fourth-order valence-corrected chi connectivity index (χ4v) is 1.92. The molecule has 1 aromatic heterocycles. The van der Waals surface area contributed by atoms with Crippen LogP contribution < -0.4 is 5.32 Å². The number of benzene rings is 1. The van der Waals surface area contributed by atoms with E-state index in [4.69, 9.17) is 0 Å². The van der Waals surface area contributed by atoms with Gasteiger partial charge in [0, 0.05) is 17.8 Å². The van der Waals surface area contributed by atoms with E-state index in [1.54, 1.807) is 6.20 Å². The van der Waals surface area contributed by atoms with E-state index < -0.39 is 6.10 Å². The van der Waals surface area contributed by atoms with Gasteiger partial charge in [-0.15, -0.1) is 0 Å². The second kappa shape index (κ2) is 4.78. The van der Waals surface area contributed by atoms with Crippen LogP contribution in [0.3, 0.4) is 0 Å². The van der Waals surface area contributed by atoms with Crippen LogP contribution in [0.2, 0.25) is 0 Å². The summed E-state index contributed by atoms with van der Waals surface area (Å²) in [6, 6.07) is 14.1. The minimum Gasteiger partial charge on any atom is -0.384 e. The maximum atomic E-state index is 10.2. The van der Waals surface area contributed by atoms with Crippen LogP contribution in [-0.2, 0) is 0 Å². The third kappa shape index (κ3) is 2.51. The van der Waals surface area contributed by atoms with E-state index in [0.29, 0.717) is 6.04 Å². The Labute approximate surface area is 107 Å². The van der Waals surface area contributed by atoms with Gasteiger partial charge in [-0.25, -0.2) is 4.98 Å². The molecule has 3 nitrogen and oxygen atoms in total. The van der Waals surface area contributed by atoms with Crippen LogP contribution in [0, 0.1) is 0 Å². The van der Waals surface area contributed by atoms with Gasteiger partial charge in [-0.3, -0.25) is 0 Å². The molecule has 1 aliphatic rings. The van der Waals surface area contributed by atoms with Gasteiger partial charge < -0.3 is 10.4 Å². The highest BCUT2D eigenvalue weighted by atomic mass is 16.3. The van der Waals surface area contributed by atoms with Crippen molar-refractivity contribution in [3.05, 3.63) is 59.8 Å². The Kier molecular flexibility index (Phi) is 2.99. The zero-order chi connectivity index (χ0) is 12.4. The minimum absolute atomic E-state index is 0.599. The molecule has 0 bridgehead atoms. The van der Waals surface area contributed by atoms with Crippen molar-refractivity contribution >= 4 is 5.82 Å². The van der Waals surface area contributed by atoms with Crippen molar-refractivity contribution in [1.82, 2.24) is 4.98 Å². The Bertz CT molecular complexity index is 506. The summed E-state index contributed by atoms with van der Waals surface area (Å²) in [4.78, 5) is 4.33. The van der Waals surface area contributed by atoms with Crippen molar-refractivity contribution in [3.63, 3.8) is 0 Å². The van der Waals surface area contributed by atoms with E-state index >= 15 is 0 Å². The summed E-state index contributed by atoms with van der Waals surface area (Å²) >= 11 is 0. The SMILES string of the molecule is O[C@@H](c1ccccc1)c1ccc(NC2CC2)nc1. The minimum atomic E-state index is -0.603. The first-order chi connectivity index (χ1) is 8.83. The molecule has 0 aliphatic heterocycles. The average molecular weight is 240 g/mol. The van der Waals surface area contributed by atoms with Gasteiger partial charge >= 0.3 is 0 Å². The van der Waals surface area contributed by atoms with E-state index in [-0.39, 0.29) is 0 Å². The molecule has 18 heavy (non-hydrogen) atoms. The van der Waals surface area contributed by atoms with Gasteiger partial charge in [0.25, 0.3) is 0 Å². The van der Waals surface area contributed by atoms with E-state index in [0.717, 1.165) is 16.9 Å². The first-order valence-electron chi connectivity index (χ1n) is 6.28. The van der Waals surface area contributed by atoms with Crippen molar-refractivity contribution in [2.24, 2.45) is 0 Å². The van der Waals surface area contributed by atoms with Crippen LogP contribution in [0.5, 0.6) is 0 Å². The molecule has 2 N–H and O–H groups in total. The second-order valence-electron chi connectivity index (χ2n) is 4.71. The normalized spacial score (nSPS) is 16.3. The van der Waals surface area contributed by atoms with Crippen molar-refractivity contribution in [2.45, 2.75) is 25.0 Å². The summed E-state index contributed by atoms with van der Waals surface area (Å²) in [6.45, 7) is 0. The van der Waals surface area contributed by atoms with E-state index in [2.05, 4.69) is 10.3 Å². The number of hydrogen-bond donors (Lipinski definition) is 2. The Morgan fingerprint density at radius 2 is 1.83 bits per heavy atom. The number of rotatable bonds is 4. The Hall–Kier alpha value is -1.87. The molecule has 1 aliphatic carbocycles. The number of aliphatic hydroxyl groups is 1. The predicted octanol–water partition coefficient (Wildman–Crippen LogP) is 2.74. The third-order valence-electron chi connectivity index (χ3n) is 3.15. The van der Waals surface area contributed by atoms with Crippen molar-refractivity contribution in [1.29, 1.82) is 0 Å². The summed E-state index contributed by atoms with van der Waals surface area (Å²) < 4.78 is 0. The van der Waals surface area contributed by atoms with Crippen LogP contribution >= 0.6 is 0 Å². The molecular weight excluding hydrogens is 224 g/mol. The molecule has 1 heterocycles. The monoisotopic (exact) mass is 240 g/mol. The number of nitrogens with zero attached hydrogens (tertiary/aromatic N) is 1. The summed E-state index contributed by atoms with van der Waals surface area (Å²) in [5, 5.41) is 13.5. The van der Waals surface area contributed by atoms with Gasteiger partial charge in [0.05, 0.1) is 0 Å². The number of aliphatic hydroxyl groups excluding tert-OH is 1. The molecule has 0 unspecified atom stereocenters. The fourth-order valence-electron chi connectivity index (χ4n) is 1.92. The van der Waals surface area contributed by atoms with Crippen LogP contribution in [0.4, 0.5) is 5.82 Å². The van der Waals surface area contributed by atoms with E-state index in [9.17, 15) is 5.11 Å². The molecule has 1 aromatic carbocycles. The van der Waals surface area contributed by atoms with Crippen LogP contribution in [0.1, 0.15) is 30.1 Å². The molecule has 0 amide bonds. The molecule has 0 spiro atoms. The fraction of sp³-hybridized carbons (Fsp3) is 0.267. The summed E-state index contributed by atoms with van der Waals surface area (Å²) in [5.41, 5.74) is 1.71. The molecular formula is C15H16N2O. The lowest BCUT2D eigenvalue weighted by molar-refractivity contribution is 0.220. The highest BCUT2D eigenvalue weighted by molar-refractivity contribution is 5.39. The molecule has 3 heteroatoms. The highest BCUT2D eigenvalue weighted by Crippen LogP contribution is 2.25. The summed E-state index contributed by atoms with van der Waals surface area (Å²) in [7, 11) is 0. The molecule has 2 aromatic rings. The second-order valence-corrected chi connectivity index (χ2v) is 4.71. The Balaban J connectivity index is 1.75. The van der Waals surface area contributed by atoms with Gasteiger partial charge in [-0.05, 0) is 24.5 Å². The quantitative estimate of drug-likeness (QED) is 0.863. The molecule has 92 valence electrons. The largest absolute Gasteiger partial charge is 0.384 e. The summed E-state index contributed by atoms with van der Waals surface area (Å²) in [6.07, 6.45) is 3.60. The highest BCUT2D eigenvalue weighted by Gasteiger charge is 2.21. The zero-order valence-electron chi connectivity index (χ0n) is 10.1. The number of nitrogens with one attached hydrogen (secondary N) is 1. The van der Waals surface area contributed by atoms with Gasteiger partial charge in [0.15, 0.2) is 0 Å². The lowest BCUT2D eigenvalue weighted by Gasteiger charge is -2.11. The average Bonchev–Trinajstić information content (AvgIpc) is 3.24. The molecule has 1 fully saturated rings. The van der Waals surface area contributed by atoms with Crippen LogP contribution in [0.25, 0.3) is 0 Å². The molecule has 0 radical (unpaired) electrons. The number of pyridine rings is 1. The number of anilines is 1. The van der Waals surface area contributed by atoms with E-state index in [1.165, 1.54) is 12.8 Å². The van der Waals surface area contributed by atoms with Crippen molar-refractivity contribution in [3.8, 4) is 0 Å². The van der Waals surface area contributed by atoms with Crippen molar-refractivity contribution in [2.75, 3.05) is 5.32 Å². The maximum Gasteiger partial charge on any atom is 0.126 e. The number of hydrogen-bond acceptors (Lipinski definition) is 3. The van der Waals surface area contributed by atoms with Gasteiger partial charge in [-0.1, -0.05) is 36.4 Å². The van der Waals surface area contributed by atoms with Crippen LogP contribution in [-0.4, -0.2) is 16.1 Å². The van der Waals surface area contributed by atoms with Gasteiger partial charge in [-0.2, -0.15) is 0 Å². The summed E-state index contributed by atoms with van der Waals surface area (Å²) in [5.74, 6) is 0.890. The predicted molar refractivity (Wildman–Crippen MR) is 71.4 cm³/mol. The molecule has 1 atom stereocenters. The lowest BCUT2D eigenvalue weighted by atomic mass is 10.0. The standard InChI is InChI=1S/C15H16N2O/c18-15(11-4-2-1-3-5-11)12-6-9-14(16-10-12)17-13-7-8-13/h1-6,9-10,13,15,18H,7-8H2,(H,16,17)/t15-/m0/s1. The maximum absolute atomic E-state index is 10.2. The van der Waals surface area contributed by atoms with E-state index in [1.807, 2.05) is 42.5 Å². The molecule has 3 rings (SSSR count).